The Morgan fingerprint density at radius 1 is 1.05 bits per heavy atom. The number of benzene rings is 2. The Hall–Kier alpha value is -1.80. The molecule has 0 atom stereocenters. The van der Waals surface area contributed by atoms with Crippen molar-refractivity contribution in [1.82, 2.24) is 5.32 Å². The molecule has 0 fully saturated rings. The first kappa shape index (κ1) is 13.6. The molecule has 0 bridgehead atoms. The molecular weight excluding hydrogens is 234 g/mol. The van der Waals surface area contributed by atoms with E-state index in [4.69, 9.17) is 4.74 Å². The summed E-state index contributed by atoms with van der Waals surface area (Å²) in [6.45, 7) is 5.08. The van der Waals surface area contributed by atoms with Crippen LogP contribution in [0.3, 0.4) is 0 Å². The van der Waals surface area contributed by atoms with Crippen LogP contribution in [0.25, 0.3) is 0 Å². The highest BCUT2D eigenvalue weighted by atomic mass is 16.5. The van der Waals surface area contributed by atoms with Gasteiger partial charge < -0.3 is 10.1 Å². The van der Waals surface area contributed by atoms with Crippen molar-refractivity contribution in [3.63, 3.8) is 0 Å². The van der Waals surface area contributed by atoms with Gasteiger partial charge in [-0.1, -0.05) is 31.2 Å². The third-order valence-electron chi connectivity index (χ3n) is 3.17. The van der Waals surface area contributed by atoms with Gasteiger partial charge >= 0.3 is 0 Å². The lowest BCUT2D eigenvalue weighted by atomic mass is 10.1. The van der Waals surface area contributed by atoms with Gasteiger partial charge in [0.2, 0.25) is 0 Å². The summed E-state index contributed by atoms with van der Waals surface area (Å²) in [7, 11) is 1.95. The molecule has 0 unspecified atom stereocenters. The van der Waals surface area contributed by atoms with E-state index in [1.807, 2.05) is 19.2 Å². The highest BCUT2D eigenvalue weighted by Gasteiger charge is 2.03. The minimum atomic E-state index is 0.853. The molecule has 0 saturated carbocycles. The second kappa shape index (κ2) is 6.39. The van der Waals surface area contributed by atoms with Gasteiger partial charge in [-0.25, -0.2) is 0 Å². The molecule has 19 heavy (non-hydrogen) atoms. The molecule has 0 saturated heterocycles. The van der Waals surface area contributed by atoms with Crippen molar-refractivity contribution in [3.05, 3.63) is 59.2 Å². The summed E-state index contributed by atoms with van der Waals surface area (Å²) >= 11 is 0. The lowest BCUT2D eigenvalue weighted by molar-refractivity contribution is 0.477. The normalized spacial score (nSPS) is 10.5. The first-order chi connectivity index (χ1) is 9.22. The average Bonchev–Trinajstić information content (AvgIpc) is 2.43. The molecule has 100 valence electrons. The van der Waals surface area contributed by atoms with Crippen LogP contribution in [-0.2, 0) is 13.0 Å². The number of aryl methyl sites for hydroxylation is 2. The maximum atomic E-state index is 6.01. The predicted octanol–water partition coefficient (Wildman–Crippen LogP) is 4.07. The van der Waals surface area contributed by atoms with Gasteiger partial charge in [0.05, 0.1) is 0 Å². The van der Waals surface area contributed by atoms with Crippen molar-refractivity contribution < 1.29 is 4.74 Å². The lowest BCUT2D eigenvalue weighted by Crippen LogP contribution is -2.05. The summed E-state index contributed by atoms with van der Waals surface area (Å²) in [4.78, 5) is 0. The smallest absolute Gasteiger partial charge is 0.130 e. The number of hydrogen-bond donors (Lipinski definition) is 1. The molecule has 1 N–H and O–H groups in total. The fourth-order valence-corrected chi connectivity index (χ4v) is 2.02. The zero-order valence-electron chi connectivity index (χ0n) is 11.9. The Balaban J connectivity index is 2.23. The number of rotatable bonds is 5. The topological polar surface area (TPSA) is 21.3 Å². The fraction of sp³-hybridized carbons (Fsp3) is 0.294. The third-order valence-corrected chi connectivity index (χ3v) is 3.17. The van der Waals surface area contributed by atoms with Gasteiger partial charge in [0.25, 0.3) is 0 Å². The fourth-order valence-electron chi connectivity index (χ4n) is 2.02. The van der Waals surface area contributed by atoms with Crippen molar-refractivity contribution in [1.29, 1.82) is 0 Å². The minimum absolute atomic E-state index is 0.853. The van der Waals surface area contributed by atoms with Crippen LogP contribution in [0.5, 0.6) is 11.5 Å². The van der Waals surface area contributed by atoms with Crippen molar-refractivity contribution in [3.8, 4) is 11.5 Å². The molecule has 2 aromatic carbocycles. The molecule has 0 aromatic heterocycles. The summed E-state index contributed by atoms with van der Waals surface area (Å²) < 4.78 is 6.01. The van der Waals surface area contributed by atoms with Gasteiger partial charge in [0, 0.05) is 6.54 Å². The highest BCUT2D eigenvalue weighted by molar-refractivity contribution is 5.41. The monoisotopic (exact) mass is 255 g/mol. The molecule has 2 heteroatoms. The van der Waals surface area contributed by atoms with E-state index in [2.05, 4.69) is 49.5 Å². The van der Waals surface area contributed by atoms with E-state index in [0.29, 0.717) is 0 Å². The summed E-state index contributed by atoms with van der Waals surface area (Å²) in [5.41, 5.74) is 3.68. The molecule has 0 radical (unpaired) electrons. The standard InChI is InChI=1S/C17H21NO/c1-4-14-6-5-7-16(10-14)19-17-11-15(12-18-3)9-8-13(17)2/h5-11,18H,4,12H2,1-3H3. The summed E-state index contributed by atoms with van der Waals surface area (Å²) in [5, 5.41) is 3.16. The second-order valence-corrected chi connectivity index (χ2v) is 4.73. The van der Waals surface area contributed by atoms with Crippen LogP contribution in [0.4, 0.5) is 0 Å². The SMILES string of the molecule is CCc1cccc(Oc2cc(CNC)ccc2C)c1. The molecule has 0 aliphatic carbocycles. The van der Waals surface area contributed by atoms with Gasteiger partial charge in [-0.3, -0.25) is 0 Å². The average molecular weight is 255 g/mol. The number of hydrogen-bond acceptors (Lipinski definition) is 2. The minimum Gasteiger partial charge on any atom is -0.457 e. The van der Waals surface area contributed by atoms with E-state index < -0.39 is 0 Å². The Morgan fingerprint density at radius 2 is 1.89 bits per heavy atom. The van der Waals surface area contributed by atoms with Crippen molar-refractivity contribution in [2.45, 2.75) is 26.8 Å². The van der Waals surface area contributed by atoms with Crippen LogP contribution >= 0.6 is 0 Å². The molecule has 2 aromatic rings. The lowest BCUT2D eigenvalue weighted by Gasteiger charge is -2.11. The molecule has 0 amide bonds. The van der Waals surface area contributed by atoms with E-state index >= 15 is 0 Å². The first-order valence-corrected chi connectivity index (χ1v) is 6.74. The van der Waals surface area contributed by atoms with E-state index in [0.717, 1.165) is 30.0 Å². The quantitative estimate of drug-likeness (QED) is 0.869. The van der Waals surface area contributed by atoms with Gasteiger partial charge in [-0.2, -0.15) is 0 Å². The van der Waals surface area contributed by atoms with E-state index in [1.165, 1.54) is 11.1 Å². The van der Waals surface area contributed by atoms with Crippen LogP contribution in [0.15, 0.2) is 42.5 Å². The molecule has 2 rings (SSSR count). The molecule has 2 nitrogen and oxygen atoms in total. The maximum Gasteiger partial charge on any atom is 0.130 e. The van der Waals surface area contributed by atoms with Crippen LogP contribution < -0.4 is 10.1 Å². The summed E-state index contributed by atoms with van der Waals surface area (Å²) in [5.74, 6) is 1.84. The second-order valence-electron chi connectivity index (χ2n) is 4.73. The Labute approximate surface area is 115 Å². The molecule has 0 heterocycles. The van der Waals surface area contributed by atoms with Crippen molar-refractivity contribution in [2.75, 3.05) is 7.05 Å². The Kier molecular flexibility index (Phi) is 4.58. The van der Waals surface area contributed by atoms with E-state index in [-0.39, 0.29) is 0 Å². The molecular formula is C17H21NO. The molecule has 0 aliphatic heterocycles. The third kappa shape index (κ3) is 3.58. The summed E-state index contributed by atoms with van der Waals surface area (Å²) in [6.07, 6.45) is 1.02. The predicted molar refractivity (Wildman–Crippen MR) is 79.8 cm³/mol. The molecule has 0 aliphatic rings. The summed E-state index contributed by atoms with van der Waals surface area (Å²) in [6, 6.07) is 14.6. The van der Waals surface area contributed by atoms with Crippen LogP contribution in [0.1, 0.15) is 23.6 Å². The van der Waals surface area contributed by atoms with Crippen LogP contribution in [0.2, 0.25) is 0 Å². The van der Waals surface area contributed by atoms with E-state index in [1.54, 1.807) is 0 Å². The zero-order valence-corrected chi connectivity index (χ0v) is 11.9. The highest BCUT2D eigenvalue weighted by Crippen LogP contribution is 2.26. The first-order valence-electron chi connectivity index (χ1n) is 6.74. The number of nitrogens with one attached hydrogen (secondary N) is 1. The number of ether oxygens (including phenoxy) is 1. The van der Waals surface area contributed by atoms with Gasteiger partial charge in [-0.05, 0) is 55.3 Å². The van der Waals surface area contributed by atoms with Crippen LogP contribution in [-0.4, -0.2) is 7.05 Å². The van der Waals surface area contributed by atoms with E-state index in [9.17, 15) is 0 Å². The molecule has 0 spiro atoms. The maximum absolute atomic E-state index is 6.01. The van der Waals surface area contributed by atoms with Crippen LogP contribution in [0, 0.1) is 6.92 Å². The zero-order chi connectivity index (χ0) is 13.7. The Bertz CT molecular complexity index is 549. The van der Waals surface area contributed by atoms with Crippen molar-refractivity contribution >= 4 is 0 Å². The largest absolute Gasteiger partial charge is 0.457 e. The van der Waals surface area contributed by atoms with Gasteiger partial charge in [0.1, 0.15) is 11.5 Å². The Morgan fingerprint density at radius 3 is 2.63 bits per heavy atom. The van der Waals surface area contributed by atoms with Gasteiger partial charge in [-0.15, -0.1) is 0 Å². The van der Waals surface area contributed by atoms with Gasteiger partial charge in [0.15, 0.2) is 0 Å². The van der Waals surface area contributed by atoms with Crippen molar-refractivity contribution in [2.24, 2.45) is 0 Å².